The summed E-state index contributed by atoms with van der Waals surface area (Å²) in [5.74, 6) is 0.428. The molecule has 1 saturated heterocycles. The van der Waals surface area contributed by atoms with Gasteiger partial charge in [0.15, 0.2) is 5.16 Å². The molecule has 0 aliphatic carbocycles. The maximum atomic E-state index is 5.86. The van der Waals surface area contributed by atoms with Crippen LogP contribution in [0.15, 0.2) is 23.6 Å². The fraction of sp³-hybridized carbons (Fsp3) is 0.333. The third-order valence-corrected chi connectivity index (χ3v) is 3.33. The Bertz CT molecular complexity index is 516. The molecule has 0 saturated carbocycles. The number of thioether (sulfide) groups is 1. The zero-order chi connectivity index (χ0) is 11.7. The van der Waals surface area contributed by atoms with E-state index in [-0.39, 0.29) is 5.28 Å². The first-order chi connectivity index (χ1) is 8.31. The number of halogens is 1. The molecule has 2 aromatic rings. The van der Waals surface area contributed by atoms with E-state index < -0.39 is 0 Å². The average molecular weight is 270 g/mol. The fourth-order valence-corrected chi connectivity index (χ4v) is 2.40. The Morgan fingerprint density at radius 1 is 1.35 bits per heavy atom. The second-order valence-corrected chi connectivity index (χ2v) is 5.02. The Labute approximate surface area is 106 Å². The first kappa shape index (κ1) is 10.9. The zero-order valence-corrected chi connectivity index (χ0v) is 10.2. The van der Waals surface area contributed by atoms with Crippen molar-refractivity contribution >= 4 is 23.4 Å². The van der Waals surface area contributed by atoms with E-state index in [1.54, 1.807) is 34.9 Å². The number of ether oxygens (including phenoxy) is 1. The second kappa shape index (κ2) is 4.59. The third kappa shape index (κ3) is 2.41. The van der Waals surface area contributed by atoms with Crippen LogP contribution in [-0.4, -0.2) is 43.2 Å². The van der Waals surface area contributed by atoms with Gasteiger partial charge in [-0.2, -0.15) is 20.1 Å². The van der Waals surface area contributed by atoms with Crippen molar-refractivity contribution in [1.29, 1.82) is 0 Å². The van der Waals surface area contributed by atoms with Crippen LogP contribution in [0.2, 0.25) is 5.28 Å². The van der Waals surface area contributed by atoms with Crippen LogP contribution < -0.4 is 0 Å². The minimum Gasteiger partial charge on any atom is -0.379 e. The highest BCUT2D eigenvalue weighted by atomic mass is 35.5. The Hall–Kier alpha value is -1.18. The van der Waals surface area contributed by atoms with Gasteiger partial charge < -0.3 is 4.74 Å². The van der Waals surface area contributed by atoms with Crippen LogP contribution in [0.1, 0.15) is 0 Å². The summed E-state index contributed by atoms with van der Waals surface area (Å²) >= 11 is 7.41. The number of hydrogen-bond donors (Lipinski definition) is 0. The lowest BCUT2D eigenvalue weighted by atomic mass is 10.4. The maximum absolute atomic E-state index is 5.86. The van der Waals surface area contributed by atoms with E-state index in [2.05, 4.69) is 20.1 Å². The minimum absolute atomic E-state index is 0.174. The van der Waals surface area contributed by atoms with Gasteiger partial charge in [0.05, 0.1) is 18.5 Å². The van der Waals surface area contributed by atoms with E-state index in [0.29, 0.717) is 16.4 Å². The van der Waals surface area contributed by atoms with Gasteiger partial charge in [-0.15, -0.1) is 0 Å². The van der Waals surface area contributed by atoms with Crippen LogP contribution in [0.4, 0.5) is 0 Å². The molecule has 1 aliphatic rings. The third-order valence-electron chi connectivity index (χ3n) is 2.16. The molecule has 2 aromatic heterocycles. The smallest absolute Gasteiger partial charge is 0.255 e. The Kier molecular flexibility index (Phi) is 2.96. The Morgan fingerprint density at radius 2 is 2.24 bits per heavy atom. The van der Waals surface area contributed by atoms with Gasteiger partial charge >= 0.3 is 0 Å². The van der Waals surface area contributed by atoms with Gasteiger partial charge in [0, 0.05) is 12.4 Å². The van der Waals surface area contributed by atoms with Crippen LogP contribution in [0.5, 0.6) is 0 Å². The first-order valence-corrected chi connectivity index (χ1v) is 6.23. The second-order valence-electron chi connectivity index (χ2n) is 3.41. The number of hydrogen-bond acceptors (Lipinski definition) is 6. The molecule has 6 nitrogen and oxygen atoms in total. The molecule has 0 aromatic carbocycles. The van der Waals surface area contributed by atoms with Crippen molar-refractivity contribution in [1.82, 2.24) is 24.7 Å². The molecule has 88 valence electrons. The highest BCUT2D eigenvalue weighted by Gasteiger charge is 2.21. The van der Waals surface area contributed by atoms with Gasteiger partial charge in [-0.05, 0) is 17.7 Å². The molecule has 8 heteroatoms. The molecule has 0 radical (unpaired) electrons. The zero-order valence-electron chi connectivity index (χ0n) is 8.65. The van der Waals surface area contributed by atoms with Gasteiger partial charge in [0.2, 0.25) is 5.28 Å². The van der Waals surface area contributed by atoms with Crippen LogP contribution in [0, 0.1) is 0 Å². The highest BCUT2D eigenvalue weighted by molar-refractivity contribution is 7.99. The molecule has 3 heterocycles. The normalized spacial score (nSPS) is 15.8. The lowest BCUT2D eigenvalue weighted by Gasteiger charge is -2.24. The van der Waals surface area contributed by atoms with Gasteiger partial charge in [-0.1, -0.05) is 11.8 Å². The number of nitrogens with zero attached hydrogens (tertiary/aromatic N) is 5. The lowest BCUT2D eigenvalue weighted by molar-refractivity contribution is 0.0454. The molecule has 0 unspecified atom stereocenters. The van der Waals surface area contributed by atoms with Crippen molar-refractivity contribution in [3.63, 3.8) is 0 Å². The number of aromatic nitrogens is 5. The first-order valence-electron chi connectivity index (χ1n) is 4.97. The summed E-state index contributed by atoms with van der Waals surface area (Å²) in [7, 11) is 0. The van der Waals surface area contributed by atoms with Crippen molar-refractivity contribution in [2.75, 3.05) is 13.2 Å². The molecule has 1 aliphatic heterocycles. The van der Waals surface area contributed by atoms with Crippen LogP contribution in [0.25, 0.3) is 5.95 Å². The highest BCUT2D eigenvalue weighted by Crippen LogP contribution is 2.25. The summed E-state index contributed by atoms with van der Waals surface area (Å²) in [6, 6.07) is 1.80. The number of rotatable bonds is 3. The van der Waals surface area contributed by atoms with Crippen LogP contribution in [0.3, 0.4) is 0 Å². The largest absolute Gasteiger partial charge is 0.379 e. The van der Waals surface area contributed by atoms with E-state index in [0.717, 1.165) is 13.2 Å². The maximum Gasteiger partial charge on any atom is 0.255 e. The predicted octanol–water partition coefficient (Wildman–Crippen LogP) is 1.20. The summed E-state index contributed by atoms with van der Waals surface area (Å²) in [6.07, 6.45) is 3.41. The van der Waals surface area contributed by atoms with Crippen molar-refractivity contribution in [3.05, 3.63) is 23.7 Å². The summed E-state index contributed by atoms with van der Waals surface area (Å²) in [5, 5.41) is 5.23. The van der Waals surface area contributed by atoms with Gasteiger partial charge in [0.25, 0.3) is 5.95 Å². The van der Waals surface area contributed by atoms with Gasteiger partial charge in [-0.3, -0.25) is 0 Å². The standard InChI is InChI=1S/C9H8ClN5OS/c10-7-12-8(15-3-1-2-11-15)14-9(13-7)17-6-4-16-5-6/h1-3,6H,4-5H2. The van der Waals surface area contributed by atoms with E-state index >= 15 is 0 Å². The van der Waals surface area contributed by atoms with E-state index in [1.807, 2.05) is 0 Å². The molecule has 0 spiro atoms. The predicted molar refractivity (Wildman–Crippen MR) is 62.4 cm³/mol. The molecule has 0 N–H and O–H groups in total. The molecule has 3 rings (SSSR count). The van der Waals surface area contributed by atoms with E-state index in [9.17, 15) is 0 Å². The SMILES string of the molecule is Clc1nc(SC2COC2)nc(-n2cccn2)n1. The summed E-state index contributed by atoms with van der Waals surface area (Å²) in [4.78, 5) is 12.4. The van der Waals surface area contributed by atoms with E-state index in [1.165, 1.54) is 0 Å². The average Bonchev–Trinajstić information content (AvgIpc) is 2.76. The minimum atomic E-state index is 0.174. The quantitative estimate of drug-likeness (QED) is 0.834. The molecule has 0 atom stereocenters. The Balaban J connectivity index is 1.89. The van der Waals surface area contributed by atoms with Crippen LogP contribution in [-0.2, 0) is 4.74 Å². The molecule has 0 amide bonds. The van der Waals surface area contributed by atoms with Crippen molar-refractivity contribution in [2.45, 2.75) is 10.4 Å². The van der Waals surface area contributed by atoms with Gasteiger partial charge in [-0.25, -0.2) is 4.68 Å². The molecule has 0 bridgehead atoms. The summed E-state index contributed by atoms with van der Waals surface area (Å²) < 4.78 is 6.65. The fourth-order valence-electron chi connectivity index (χ4n) is 1.30. The summed E-state index contributed by atoms with van der Waals surface area (Å²) in [6.45, 7) is 1.45. The topological polar surface area (TPSA) is 65.7 Å². The molecule has 1 fully saturated rings. The monoisotopic (exact) mass is 269 g/mol. The van der Waals surface area contributed by atoms with Gasteiger partial charge in [0.1, 0.15) is 0 Å². The van der Waals surface area contributed by atoms with Crippen molar-refractivity contribution in [3.8, 4) is 5.95 Å². The molecular formula is C9H8ClN5OS. The van der Waals surface area contributed by atoms with Crippen molar-refractivity contribution in [2.24, 2.45) is 0 Å². The van der Waals surface area contributed by atoms with Crippen molar-refractivity contribution < 1.29 is 4.74 Å². The molecular weight excluding hydrogens is 262 g/mol. The lowest BCUT2D eigenvalue weighted by Crippen LogP contribution is -2.30. The van der Waals surface area contributed by atoms with Crippen LogP contribution >= 0.6 is 23.4 Å². The Morgan fingerprint density at radius 3 is 2.88 bits per heavy atom. The molecule has 17 heavy (non-hydrogen) atoms. The summed E-state index contributed by atoms with van der Waals surface area (Å²) in [5.41, 5.74) is 0. The van der Waals surface area contributed by atoms with E-state index in [4.69, 9.17) is 16.3 Å².